The molecule has 0 aliphatic heterocycles. The van der Waals surface area contributed by atoms with Gasteiger partial charge in [0.15, 0.2) is 0 Å². The SMILES string of the molecule is CC(CC(C)(C)OOC(C)(C)C)OC(=O)OCCOC(=O)CCc1cc(C(C)(C)C)c(O)c(C(C)(C)C)c1. The van der Waals surface area contributed by atoms with Crippen molar-refractivity contribution in [1.82, 2.24) is 0 Å². The summed E-state index contributed by atoms with van der Waals surface area (Å²) in [5.74, 6) is -0.0835. The van der Waals surface area contributed by atoms with Crippen molar-refractivity contribution in [3.8, 4) is 5.75 Å². The van der Waals surface area contributed by atoms with Crippen LogP contribution in [-0.2, 0) is 46.0 Å². The summed E-state index contributed by atoms with van der Waals surface area (Å²) in [5, 5.41) is 10.9. The van der Waals surface area contributed by atoms with Crippen LogP contribution < -0.4 is 0 Å². The van der Waals surface area contributed by atoms with E-state index in [1.807, 2.05) is 46.8 Å². The third kappa shape index (κ3) is 12.5. The summed E-state index contributed by atoms with van der Waals surface area (Å²) in [5.41, 5.74) is 1.06. The van der Waals surface area contributed by atoms with Gasteiger partial charge in [0.05, 0.1) is 5.60 Å². The van der Waals surface area contributed by atoms with Crippen molar-refractivity contribution in [3.05, 3.63) is 28.8 Å². The predicted octanol–water partition coefficient (Wildman–Crippen LogP) is 6.92. The highest BCUT2D eigenvalue weighted by molar-refractivity contribution is 5.70. The first kappa shape index (κ1) is 33.7. The minimum atomic E-state index is -0.838. The van der Waals surface area contributed by atoms with Gasteiger partial charge >= 0.3 is 12.1 Å². The molecule has 0 saturated carbocycles. The lowest BCUT2D eigenvalue weighted by Gasteiger charge is -2.30. The van der Waals surface area contributed by atoms with Gasteiger partial charge in [-0.15, -0.1) is 0 Å². The number of esters is 1. The van der Waals surface area contributed by atoms with E-state index in [9.17, 15) is 14.7 Å². The molecule has 1 unspecified atom stereocenters. The third-order valence-electron chi connectivity index (χ3n) is 5.56. The first-order valence-electron chi connectivity index (χ1n) is 13.3. The number of benzene rings is 1. The maximum absolute atomic E-state index is 12.3. The van der Waals surface area contributed by atoms with Gasteiger partial charge in [-0.2, -0.15) is 0 Å². The van der Waals surface area contributed by atoms with Crippen LogP contribution in [0.25, 0.3) is 0 Å². The second kappa shape index (κ2) is 13.2. The lowest BCUT2D eigenvalue weighted by atomic mass is 9.78. The summed E-state index contributed by atoms with van der Waals surface area (Å²) < 4.78 is 15.5. The van der Waals surface area contributed by atoms with Crippen molar-refractivity contribution < 1.29 is 38.7 Å². The molecule has 0 aromatic heterocycles. The zero-order chi connectivity index (χ0) is 29.5. The average Bonchev–Trinajstić information content (AvgIpc) is 2.72. The summed E-state index contributed by atoms with van der Waals surface area (Å²) in [6, 6.07) is 3.92. The van der Waals surface area contributed by atoms with E-state index in [1.165, 1.54) is 0 Å². The number of aryl methyl sites for hydroxylation is 1. The van der Waals surface area contributed by atoms with E-state index >= 15 is 0 Å². The van der Waals surface area contributed by atoms with E-state index in [2.05, 4.69) is 41.5 Å². The molecule has 1 rings (SSSR count). The molecule has 1 aromatic rings. The highest BCUT2D eigenvalue weighted by Crippen LogP contribution is 2.40. The number of rotatable bonds is 11. The van der Waals surface area contributed by atoms with Crippen LogP contribution >= 0.6 is 0 Å². The second-order valence-corrected chi connectivity index (χ2v) is 13.5. The van der Waals surface area contributed by atoms with Crippen LogP contribution in [-0.4, -0.2) is 47.8 Å². The fraction of sp³-hybridized carbons (Fsp3) is 0.733. The van der Waals surface area contributed by atoms with Gasteiger partial charge in [-0.25, -0.2) is 14.6 Å². The van der Waals surface area contributed by atoms with Crippen LogP contribution in [0.5, 0.6) is 5.75 Å². The fourth-order valence-electron chi connectivity index (χ4n) is 3.79. The van der Waals surface area contributed by atoms with E-state index in [4.69, 9.17) is 24.0 Å². The monoisotopic (exact) mass is 538 g/mol. The Kier molecular flexibility index (Phi) is 11.7. The molecule has 0 saturated heterocycles. The molecular weight excluding hydrogens is 488 g/mol. The lowest BCUT2D eigenvalue weighted by molar-refractivity contribution is -0.399. The van der Waals surface area contributed by atoms with Crippen molar-refractivity contribution in [2.45, 2.75) is 130 Å². The number of carbonyl (C=O) groups is 2. The molecule has 8 heteroatoms. The van der Waals surface area contributed by atoms with Gasteiger partial charge in [0, 0.05) is 12.8 Å². The summed E-state index contributed by atoms with van der Waals surface area (Å²) in [6.45, 7) is 23.2. The molecule has 1 atom stereocenters. The molecule has 1 N–H and O–H groups in total. The molecule has 0 heterocycles. The number of hydrogen-bond donors (Lipinski definition) is 1. The number of ether oxygens (including phenoxy) is 3. The Hall–Kier alpha value is -2.32. The van der Waals surface area contributed by atoms with E-state index in [1.54, 1.807) is 6.92 Å². The van der Waals surface area contributed by atoms with Crippen LogP contribution in [0, 0.1) is 0 Å². The highest BCUT2D eigenvalue weighted by atomic mass is 17.2. The summed E-state index contributed by atoms with van der Waals surface area (Å²) >= 11 is 0. The third-order valence-corrected chi connectivity index (χ3v) is 5.56. The van der Waals surface area contributed by atoms with Crippen molar-refractivity contribution >= 4 is 12.1 Å². The molecule has 8 nitrogen and oxygen atoms in total. The number of phenols is 1. The van der Waals surface area contributed by atoms with Gasteiger partial charge in [0.2, 0.25) is 0 Å². The minimum Gasteiger partial charge on any atom is -0.507 e. The first-order valence-corrected chi connectivity index (χ1v) is 13.3. The second-order valence-electron chi connectivity index (χ2n) is 13.5. The van der Waals surface area contributed by atoms with Crippen LogP contribution in [0.1, 0.15) is 113 Å². The maximum Gasteiger partial charge on any atom is 0.508 e. The Labute approximate surface area is 229 Å². The van der Waals surface area contributed by atoms with Gasteiger partial charge in [-0.05, 0) is 75.5 Å². The van der Waals surface area contributed by atoms with Gasteiger partial charge in [0.25, 0.3) is 0 Å². The van der Waals surface area contributed by atoms with Gasteiger partial charge in [0.1, 0.15) is 30.7 Å². The van der Waals surface area contributed by atoms with Crippen molar-refractivity contribution in [3.63, 3.8) is 0 Å². The van der Waals surface area contributed by atoms with E-state index < -0.39 is 29.4 Å². The van der Waals surface area contributed by atoms with Crippen LogP contribution in [0.15, 0.2) is 12.1 Å². The number of hydrogen-bond acceptors (Lipinski definition) is 8. The Bertz CT molecular complexity index is 894. The molecule has 1 aromatic carbocycles. The van der Waals surface area contributed by atoms with Crippen LogP contribution in [0.4, 0.5) is 4.79 Å². The van der Waals surface area contributed by atoms with Crippen molar-refractivity contribution in [2.75, 3.05) is 13.2 Å². The predicted molar refractivity (Wildman–Crippen MR) is 147 cm³/mol. The molecule has 0 fully saturated rings. The summed E-state index contributed by atoms with van der Waals surface area (Å²) in [7, 11) is 0. The Morgan fingerprint density at radius 2 is 1.32 bits per heavy atom. The molecule has 38 heavy (non-hydrogen) atoms. The Morgan fingerprint density at radius 1 is 0.816 bits per heavy atom. The van der Waals surface area contributed by atoms with Crippen molar-refractivity contribution in [2.24, 2.45) is 0 Å². The van der Waals surface area contributed by atoms with Crippen LogP contribution in [0.2, 0.25) is 0 Å². The largest absolute Gasteiger partial charge is 0.508 e. The quantitative estimate of drug-likeness (QED) is 0.140. The number of phenolic OH excluding ortho intramolecular Hbond substituents is 1. The highest BCUT2D eigenvalue weighted by Gasteiger charge is 2.29. The van der Waals surface area contributed by atoms with E-state index in [-0.39, 0.29) is 30.5 Å². The molecule has 0 bridgehead atoms. The lowest BCUT2D eigenvalue weighted by Crippen LogP contribution is -2.34. The minimum absolute atomic E-state index is 0.0631. The topological polar surface area (TPSA) is 101 Å². The molecular formula is C30H50O8. The average molecular weight is 539 g/mol. The van der Waals surface area contributed by atoms with Gasteiger partial charge in [-0.1, -0.05) is 53.7 Å². The maximum atomic E-state index is 12.3. The molecule has 0 aliphatic rings. The zero-order valence-corrected chi connectivity index (χ0v) is 25.6. The first-order chi connectivity index (χ1) is 17.1. The van der Waals surface area contributed by atoms with Gasteiger partial charge < -0.3 is 19.3 Å². The normalized spacial score (nSPS) is 13.7. The van der Waals surface area contributed by atoms with E-state index in [0.29, 0.717) is 18.6 Å². The number of carbonyl (C=O) groups excluding carboxylic acids is 2. The molecule has 0 aliphatic carbocycles. The molecule has 0 radical (unpaired) electrons. The van der Waals surface area contributed by atoms with Gasteiger partial charge in [-0.3, -0.25) is 4.79 Å². The smallest absolute Gasteiger partial charge is 0.507 e. The van der Waals surface area contributed by atoms with Crippen molar-refractivity contribution in [1.29, 1.82) is 0 Å². The fourth-order valence-corrected chi connectivity index (χ4v) is 3.79. The standard InChI is InChI=1S/C30H50O8/c1-20(19-30(11,12)38-37-29(8,9)10)36-26(33)35-16-15-34-24(31)14-13-21-17-22(27(2,3)4)25(32)23(18-21)28(5,6)7/h17-18,20,32H,13-16,19H2,1-12H3. The summed E-state index contributed by atoms with van der Waals surface area (Å²) in [6.07, 6.45) is -0.258. The molecule has 0 spiro atoms. The van der Waals surface area contributed by atoms with Crippen LogP contribution in [0.3, 0.4) is 0 Å². The van der Waals surface area contributed by atoms with E-state index in [0.717, 1.165) is 16.7 Å². The Morgan fingerprint density at radius 3 is 1.79 bits per heavy atom. The number of aromatic hydroxyl groups is 1. The Balaban J connectivity index is 2.50. The summed E-state index contributed by atoms with van der Waals surface area (Å²) in [4.78, 5) is 35.1. The zero-order valence-electron chi connectivity index (χ0n) is 25.6. The molecule has 0 amide bonds. The molecule has 218 valence electrons.